The number of hydrogen-bond acceptors (Lipinski definition) is 5. The molecule has 2 aromatic rings. The molecule has 0 aliphatic heterocycles. The third kappa shape index (κ3) is 3.03. The number of aliphatic hydroxyl groups is 1. The van der Waals surface area contributed by atoms with E-state index >= 15 is 0 Å². The van der Waals surface area contributed by atoms with Crippen LogP contribution in [0.15, 0.2) is 11.6 Å². The topological polar surface area (TPSA) is 49.6 Å². The van der Waals surface area contributed by atoms with Gasteiger partial charge in [0, 0.05) is 42.4 Å². The van der Waals surface area contributed by atoms with Gasteiger partial charge in [-0.05, 0) is 25.5 Å². The van der Waals surface area contributed by atoms with E-state index in [9.17, 15) is 0 Å². The first-order valence-electron chi connectivity index (χ1n) is 7.11. The van der Waals surface area contributed by atoms with E-state index in [2.05, 4.69) is 27.6 Å². The number of aromatic nitrogens is 2. The number of nitrogens with one attached hydrogen (secondary N) is 1. The largest absolute Gasteiger partial charge is 0.396 e. The summed E-state index contributed by atoms with van der Waals surface area (Å²) in [6.07, 6.45) is 7.60. The van der Waals surface area contributed by atoms with Gasteiger partial charge in [-0.25, -0.2) is 4.98 Å². The van der Waals surface area contributed by atoms with Crippen molar-refractivity contribution >= 4 is 28.1 Å². The summed E-state index contributed by atoms with van der Waals surface area (Å²) in [5, 5.41) is 14.8. The molecule has 0 spiro atoms. The fraction of sp³-hybridized carbons (Fsp3) is 0.643. The summed E-state index contributed by atoms with van der Waals surface area (Å²) in [6, 6.07) is 0.367. The molecule has 2 N–H and O–H groups in total. The van der Waals surface area contributed by atoms with Crippen LogP contribution in [0.5, 0.6) is 0 Å². The predicted octanol–water partition coefficient (Wildman–Crippen LogP) is 2.48. The van der Waals surface area contributed by atoms with Gasteiger partial charge in [-0.3, -0.25) is 4.40 Å². The number of imidazole rings is 1. The molecule has 0 bridgehead atoms. The molecule has 1 aliphatic carbocycles. The molecule has 1 unspecified atom stereocenters. The molecule has 1 fully saturated rings. The van der Waals surface area contributed by atoms with Crippen LogP contribution in [0.3, 0.4) is 0 Å². The Morgan fingerprint density at radius 1 is 1.60 bits per heavy atom. The third-order valence-electron chi connectivity index (χ3n) is 3.76. The Bertz CT molecular complexity index is 556. The average molecular weight is 311 g/mol. The zero-order chi connectivity index (χ0) is 13.9. The summed E-state index contributed by atoms with van der Waals surface area (Å²) in [5.41, 5.74) is 2.60. The molecule has 0 aromatic carbocycles. The van der Waals surface area contributed by atoms with E-state index in [0.717, 1.165) is 23.7 Å². The minimum absolute atomic E-state index is 0.244. The molecule has 4 nitrogen and oxygen atoms in total. The fourth-order valence-electron chi connectivity index (χ4n) is 2.55. The molecule has 0 amide bonds. The number of hydrogen-bond donors (Lipinski definition) is 2. The Hall–Kier alpha value is -0.560. The van der Waals surface area contributed by atoms with Gasteiger partial charge in [-0.2, -0.15) is 11.8 Å². The van der Waals surface area contributed by atoms with E-state index in [1.54, 1.807) is 11.3 Å². The average Bonchev–Trinajstić information content (AvgIpc) is 3.08. The van der Waals surface area contributed by atoms with Crippen LogP contribution >= 0.6 is 23.1 Å². The van der Waals surface area contributed by atoms with Crippen LogP contribution in [0, 0.1) is 0 Å². The maximum absolute atomic E-state index is 9.15. The second-order valence-corrected chi connectivity index (χ2v) is 7.10. The van der Waals surface area contributed by atoms with Gasteiger partial charge in [-0.15, -0.1) is 11.3 Å². The minimum atomic E-state index is 0.244. The van der Waals surface area contributed by atoms with Crippen LogP contribution < -0.4 is 5.32 Å². The minimum Gasteiger partial charge on any atom is -0.396 e. The Balaban J connectivity index is 1.75. The molecule has 110 valence electrons. The van der Waals surface area contributed by atoms with Crippen molar-refractivity contribution in [1.82, 2.24) is 14.7 Å². The van der Waals surface area contributed by atoms with Gasteiger partial charge in [0.2, 0.25) is 0 Å². The molecule has 20 heavy (non-hydrogen) atoms. The van der Waals surface area contributed by atoms with Crippen LogP contribution in [0.4, 0.5) is 0 Å². The van der Waals surface area contributed by atoms with E-state index in [1.165, 1.54) is 24.2 Å². The van der Waals surface area contributed by atoms with Crippen molar-refractivity contribution in [3.63, 3.8) is 0 Å². The molecular formula is C14H21N3OS2. The van der Waals surface area contributed by atoms with Crippen molar-refractivity contribution in [2.45, 2.75) is 37.8 Å². The molecule has 1 saturated carbocycles. The highest BCUT2D eigenvalue weighted by molar-refractivity contribution is 7.98. The molecule has 2 heterocycles. The van der Waals surface area contributed by atoms with Crippen molar-refractivity contribution in [2.75, 3.05) is 18.6 Å². The van der Waals surface area contributed by atoms with Crippen molar-refractivity contribution in [3.8, 4) is 0 Å². The molecule has 1 atom stereocenters. The van der Waals surface area contributed by atoms with Gasteiger partial charge in [-0.1, -0.05) is 0 Å². The Labute approximate surface area is 127 Å². The standard InChI is InChI=1S/C14H21N3OS2/c1-19-9-11(4-6-18)15-8-12-13(10-2-3-10)16-14-17(12)5-7-20-14/h5,7,10-11,15,18H,2-4,6,8-9H2,1H3. The normalized spacial score (nSPS) is 16.9. The van der Waals surface area contributed by atoms with Gasteiger partial charge in [0.05, 0.1) is 11.4 Å². The number of thioether (sulfide) groups is 1. The highest BCUT2D eigenvalue weighted by Crippen LogP contribution is 2.41. The second kappa shape index (κ2) is 6.47. The van der Waals surface area contributed by atoms with Crippen LogP contribution in [-0.2, 0) is 6.54 Å². The highest BCUT2D eigenvalue weighted by atomic mass is 32.2. The van der Waals surface area contributed by atoms with E-state index in [1.807, 2.05) is 11.8 Å². The molecular weight excluding hydrogens is 290 g/mol. The van der Waals surface area contributed by atoms with Crippen molar-refractivity contribution < 1.29 is 5.11 Å². The summed E-state index contributed by atoms with van der Waals surface area (Å²) >= 11 is 3.52. The zero-order valence-corrected chi connectivity index (χ0v) is 13.3. The summed E-state index contributed by atoms with van der Waals surface area (Å²) in [4.78, 5) is 5.90. The van der Waals surface area contributed by atoms with E-state index in [0.29, 0.717) is 12.0 Å². The second-order valence-electron chi connectivity index (χ2n) is 5.32. The first-order chi connectivity index (χ1) is 9.83. The quantitative estimate of drug-likeness (QED) is 0.786. The van der Waals surface area contributed by atoms with E-state index in [4.69, 9.17) is 10.1 Å². The van der Waals surface area contributed by atoms with E-state index < -0.39 is 0 Å². The molecule has 3 rings (SSSR count). The first kappa shape index (κ1) is 14.4. The lowest BCUT2D eigenvalue weighted by molar-refractivity contribution is 0.269. The van der Waals surface area contributed by atoms with Gasteiger partial charge in [0.1, 0.15) is 0 Å². The van der Waals surface area contributed by atoms with Crippen LogP contribution in [0.2, 0.25) is 0 Å². The molecule has 2 aromatic heterocycles. The SMILES string of the molecule is CSCC(CCO)NCc1c(C2CC2)nc2sccn12. The third-order valence-corrected chi connectivity index (χ3v) is 5.25. The molecule has 1 aliphatic rings. The maximum Gasteiger partial charge on any atom is 0.194 e. The van der Waals surface area contributed by atoms with Gasteiger partial charge < -0.3 is 10.4 Å². The fourth-order valence-corrected chi connectivity index (χ4v) is 3.98. The van der Waals surface area contributed by atoms with Crippen molar-refractivity contribution in [2.24, 2.45) is 0 Å². The van der Waals surface area contributed by atoms with Gasteiger partial charge in [0.25, 0.3) is 0 Å². The number of thiazole rings is 1. The number of nitrogens with zero attached hydrogens (tertiary/aromatic N) is 2. The van der Waals surface area contributed by atoms with Crippen LogP contribution in [0.25, 0.3) is 4.96 Å². The number of aliphatic hydroxyl groups excluding tert-OH is 1. The lowest BCUT2D eigenvalue weighted by atomic mass is 10.2. The summed E-state index contributed by atoms with van der Waals surface area (Å²) in [7, 11) is 0. The molecule has 6 heteroatoms. The van der Waals surface area contributed by atoms with Gasteiger partial charge in [0.15, 0.2) is 4.96 Å². The number of rotatable bonds is 8. The van der Waals surface area contributed by atoms with Crippen LogP contribution in [-0.4, -0.2) is 39.1 Å². The smallest absolute Gasteiger partial charge is 0.194 e. The predicted molar refractivity (Wildman–Crippen MR) is 85.8 cm³/mol. The van der Waals surface area contributed by atoms with Crippen LogP contribution in [0.1, 0.15) is 36.6 Å². The van der Waals surface area contributed by atoms with Crippen molar-refractivity contribution in [3.05, 3.63) is 23.0 Å². The summed E-state index contributed by atoms with van der Waals surface area (Å²) < 4.78 is 2.22. The van der Waals surface area contributed by atoms with Gasteiger partial charge >= 0.3 is 0 Å². The Morgan fingerprint density at radius 3 is 3.15 bits per heavy atom. The highest BCUT2D eigenvalue weighted by Gasteiger charge is 2.30. The number of fused-ring (bicyclic) bond motifs is 1. The van der Waals surface area contributed by atoms with Crippen molar-refractivity contribution in [1.29, 1.82) is 0 Å². The Morgan fingerprint density at radius 2 is 2.45 bits per heavy atom. The zero-order valence-electron chi connectivity index (χ0n) is 11.7. The monoisotopic (exact) mass is 311 g/mol. The molecule has 0 saturated heterocycles. The van der Waals surface area contributed by atoms with E-state index in [-0.39, 0.29) is 6.61 Å². The lowest BCUT2D eigenvalue weighted by Crippen LogP contribution is -2.32. The Kier molecular flexibility index (Phi) is 4.65. The lowest BCUT2D eigenvalue weighted by Gasteiger charge is -2.16. The first-order valence-corrected chi connectivity index (χ1v) is 9.38. The molecule has 0 radical (unpaired) electrons. The summed E-state index contributed by atoms with van der Waals surface area (Å²) in [5.74, 6) is 1.71. The maximum atomic E-state index is 9.15. The summed E-state index contributed by atoms with van der Waals surface area (Å²) in [6.45, 7) is 1.09.